The van der Waals surface area contributed by atoms with Gasteiger partial charge in [0.2, 0.25) is 0 Å². The summed E-state index contributed by atoms with van der Waals surface area (Å²) in [5.74, 6) is -1.72. The summed E-state index contributed by atoms with van der Waals surface area (Å²) in [6, 6.07) is 3.18. The molecule has 2 rings (SSSR count). The molecular formula is C16H23N3O8. The molecule has 0 radical (unpaired) electrons. The standard InChI is InChI=1S/C16H23N3O8/c1-18(17-26)6-3-5-10(20)9-4-2-7-19(8-9)15-13(23)11(21)12(22)14(27-15)16(24)25/h2,4,7-8,10-15,20-23H,3,5-6H2,1H3/t10?,11-,12-,13-,14?,15+/m0/s1. The van der Waals surface area contributed by atoms with Crippen LogP contribution in [0.2, 0.25) is 0 Å². The number of aliphatic hydroxyl groups is 4. The lowest BCUT2D eigenvalue weighted by atomic mass is 9.97. The van der Waals surface area contributed by atoms with E-state index in [9.17, 15) is 35.2 Å². The van der Waals surface area contributed by atoms with Crippen LogP contribution in [0, 0.1) is 4.91 Å². The SMILES string of the molecule is CN(CCCC(O)c1ccc[n+]([C@@H]2OC(C(=O)[O-])[C@@H](O)[C@H](O)[C@@H]2O)c1)N=O. The van der Waals surface area contributed by atoms with Gasteiger partial charge in [0.25, 0.3) is 6.23 Å². The molecule has 11 nitrogen and oxygen atoms in total. The van der Waals surface area contributed by atoms with Crippen molar-refractivity contribution in [3.05, 3.63) is 35.0 Å². The average Bonchev–Trinajstić information content (AvgIpc) is 2.65. The molecule has 2 heterocycles. The van der Waals surface area contributed by atoms with Crippen molar-refractivity contribution in [2.45, 2.75) is 49.6 Å². The molecule has 0 aromatic carbocycles. The average molecular weight is 385 g/mol. The number of aliphatic carboxylic acids is 1. The first kappa shape index (κ1) is 21.1. The van der Waals surface area contributed by atoms with E-state index < -0.39 is 42.7 Å². The maximum Gasteiger partial charge on any atom is 0.292 e. The predicted molar refractivity (Wildman–Crippen MR) is 86.2 cm³/mol. The van der Waals surface area contributed by atoms with Crippen LogP contribution >= 0.6 is 0 Å². The molecule has 0 saturated carbocycles. The van der Waals surface area contributed by atoms with E-state index in [0.717, 1.165) is 0 Å². The number of carboxylic acid groups (broad SMARTS) is 1. The minimum atomic E-state index is -1.83. The second kappa shape index (κ2) is 9.15. The molecule has 6 atom stereocenters. The molecule has 11 heteroatoms. The number of hydrogen-bond donors (Lipinski definition) is 4. The molecule has 1 fully saturated rings. The second-order valence-electron chi connectivity index (χ2n) is 6.44. The van der Waals surface area contributed by atoms with Crippen molar-refractivity contribution >= 4 is 5.97 Å². The second-order valence-corrected chi connectivity index (χ2v) is 6.44. The van der Waals surface area contributed by atoms with E-state index >= 15 is 0 Å². The summed E-state index contributed by atoms with van der Waals surface area (Å²) >= 11 is 0. The van der Waals surface area contributed by atoms with Crippen LogP contribution < -0.4 is 9.67 Å². The first-order valence-electron chi connectivity index (χ1n) is 8.40. The maximum absolute atomic E-state index is 11.1. The van der Waals surface area contributed by atoms with Crippen molar-refractivity contribution in [2.75, 3.05) is 13.6 Å². The van der Waals surface area contributed by atoms with Gasteiger partial charge in [0.1, 0.15) is 18.3 Å². The highest BCUT2D eigenvalue weighted by Gasteiger charge is 2.48. The molecule has 0 amide bonds. The Hall–Kier alpha value is -2.18. The molecule has 27 heavy (non-hydrogen) atoms. The lowest BCUT2D eigenvalue weighted by Gasteiger charge is -2.37. The fourth-order valence-electron chi connectivity index (χ4n) is 2.89. The number of carbonyl (C=O) groups excluding carboxylic acids is 1. The summed E-state index contributed by atoms with van der Waals surface area (Å²) in [6.45, 7) is 0.370. The van der Waals surface area contributed by atoms with Crippen LogP contribution in [-0.4, -0.2) is 69.4 Å². The Balaban J connectivity index is 2.13. The Morgan fingerprint density at radius 2 is 2.07 bits per heavy atom. The van der Waals surface area contributed by atoms with Crippen LogP contribution in [0.4, 0.5) is 0 Å². The molecule has 2 unspecified atom stereocenters. The highest BCUT2D eigenvalue weighted by molar-refractivity contribution is 5.71. The van der Waals surface area contributed by atoms with Crippen LogP contribution in [0.15, 0.2) is 29.8 Å². The van der Waals surface area contributed by atoms with Crippen molar-refractivity contribution in [2.24, 2.45) is 5.29 Å². The molecule has 1 aliphatic rings. The third-order valence-corrected chi connectivity index (χ3v) is 4.44. The molecule has 4 N–H and O–H groups in total. The van der Waals surface area contributed by atoms with Crippen LogP contribution in [-0.2, 0) is 9.53 Å². The first-order chi connectivity index (χ1) is 12.8. The summed E-state index contributed by atoms with van der Waals surface area (Å²) in [5.41, 5.74) is 0.459. The third-order valence-electron chi connectivity index (χ3n) is 4.44. The smallest absolute Gasteiger partial charge is 0.292 e. The highest BCUT2D eigenvalue weighted by atomic mass is 16.6. The Morgan fingerprint density at radius 1 is 1.37 bits per heavy atom. The molecule has 0 spiro atoms. The Morgan fingerprint density at radius 3 is 2.70 bits per heavy atom. The van der Waals surface area contributed by atoms with Crippen molar-refractivity contribution in [3.8, 4) is 0 Å². The highest BCUT2D eigenvalue weighted by Crippen LogP contribution is 2.25. The summed E-state index contributed by atoms with van der Waals surface area (Å²) in [7, 11) is 1.52. The number of pyridine rings is 1. The number of ether oxygens (including phenoxy) is 1. The molecule has 1 aromatic heterocycles. The van der Waals surface area contributed by atoms with E-state index in [1.54, 1.807) is 12.1 Å². The molecule has 0 bridgehead atoms. The molecule has 1 aliphatic heterocycles. The Kier molecular flexibility index (Phi) is 7.16. The minimum absolute atomic E-state index is 0.334. The topological polar surface area (TPSA) is 167 Å². The predicted octanol–water partition coefficient (Wildman–Crippen LogP) is -2.87. The number of carboxylic acids is 1. The number of aromatic nitrogens is 1. The van der Waals surface area contributed by atoms with Gasteiger partial charge in [-0.05, 0) is 18.9 Å². The largest absolute Gasteiger partial charge is 0.547 e. The van der Waals surface area contributed by atoms with E-state index in [-0.39, 0.29) is 0 Å². The number of hydrogen-bond acceptors (Lipinski definition) is 9. The van der Waals surface area contributed by atoms with Crippen LogP contribution in [0.25, 0.3) is 0 Å². The molecular weight excluding hydrogens is 362 g/mol. The summed E-state index contributed by atoms with van der Waals surface area (Å²) in [4.78, 5) is 21.4. The zero-order valence-corrected chi connectivity index (χ0v) is 14.7. The zero-order valence-electron chi connectivity index (χ0n) is 14.7. The summed E-state index contributed by atoms with van der Waals surface area (Å²) in [5, 5.41) is 55.1. The minimum Gasteiger partial charge on any atom is -0.547 e. The van der Waals surface area contributed by atoms with Gasteiger partial charge in [0.15, 0.2) is 18.5 Å². The zero-order chi connectivity index (χ0) is 20.1. The lowest BCUT2D eigenvalue weighted by Crippen LogP contribution is -2.65. The van der Waals surface area contributed by atoms with E-state index in [4.69, 9.17) is 4.74 Å². The van der Waals surface area contributed by atoms with Gasteiger partial charge in [-0.25, -0.2) is 0 Å². The van der Waals surface area contributed by atoms with Gasteiger partial charge >= 0.3 is 0 Å². The van der Waals surface area contributed by atoms with Crippen LogP contribution in [0.1, 0.15) is 30.7 Å². The van der Waals surface area contributed by atoms with Crippen molar-refractivity contribution < 1.29 is 39.6 Å². The molecule has 1 saturated heterocycles. The van der Waals surface area contributed by atoms with Gasteiger partial charge < -0.3 is 35.1 Å². The third kappa shape index (κ3) is 4.96. The number of carbonyl (C=O) groups is 1. The Bertz CT molecular complexity index is 660. The number of nitroso groups, excluding NO2 is 1. The van der Waals surface area contributed by atoms with E-state index in [1.807, 2.05) is 0 Å². The normalized spacial score (nSPS) is 29.1. The van der Waals surface area contributed by atoms with Gasteiger partial charge in [-0.15, -0.1) is 4.91 Å². The molecule has 0 aliphatic carbocycles. The van der Waals surface area contributed by atoms with Crippen molar-refractivity contribution in [3.63, 3.8) is 0 Å². The monoisotopic (exact) mass is 385 g/mol. The lowest BCUT2D eigenvalue weighted by molar-refractivity contribution is -0.777. The van der Waals surface area contributed by atoms with Crippen LogP contribution in [0.3, 0.4) is 0 Å². The molecule has 150 valence electrons. The fraction of sp³-hybridized carbons (Fsp3) is 0.625. The van der Waals surface area contributed by atoms with Gasteiger partial charge in [-0.1, -0.05) is 0 Å². The number of aliphatic hydroxyl groups excluding tert-OH is 4. The maximum atomic E-state index is 11.1. The number of rotatable bonds is 8. The van der Waals surface area contributed by atoms with Gasteiger partial charge in [-0.2, -0.15) is 4.57 Å². The van der Waals surface area contributed by atoms with E-state index in [0.29, 0.717) is 24.9 Å². The van der Waals surface area contributed by atoms with E-state index in [1.165, 1.54) is 29.0 Å². The number of nitrogens with zero attached hydrogens (tertiary/aromatic N) is 3. The summed E-state index contributed by atoms with van der Waals surface area (Å²) < 4.78 is 6.50. The fourth-order valence-corrected chi connectivity index (χ4v) is 2.89. The van der Waals surface area contributed by atoms with Gasteiger partial charge in [-0.3, -0.25) is 5.01 Å². The van der Waals surface area contributed by atoms with Gasteiger partial charge in [0, 0.05) is 25.2 Å². The van der Waals surface area contributed by atoms with Crippen molar-refractivity contribution in [1.29, 1.82) is 0 Å². The van der Waals surface area contributed by atoms with Crippen LogP contribution in [0.5, 0.6) is 0 Å². The molecule has 1 aromatic rings. The van der Waals surface area contributed by atoms with Crippen molar-refractivity contribution in [1.82, 2.24) is 5.01 Å². The Labute approximate surface area is 155 Å². The quantitative estimate of drug-likeness (QED) is 0.209. The first-order valence-corrected chi connectivity index (χ1v) is 8.40. The van der Waals surface area contributed by atoms with E-state index in [2.05, 4.69) is 5.29 Å². The summed E-state index contributed by atoms with van der Waals surface area (Å²) in [6.07, 6.45) is -5.45. The van der Waals surface area contributed by atoms with Gasteiger partial charge in [0.05, 0.1) is 17.4 Å².